The standard InChI is InChI=1S/C18H27NO5/c1-5-6-7-15(10-23-4)19-18(22)14-8-12(2)17(13(3)9-14)24-11-16(20)21/h8-9,15H,5-7,10-11H2,1-4H3,(H,19,22)(H,20,21). The molecule has 0 bridgehead atoms. The minimum atomic E-state index is -1.03. The Kier molecular flexibility index (Phi) is 8.26. The topological polar surface area (TPSA) is 84.9 Å². The average Bonchev–Trinajstić information content (AvgIpc) is 2.51. The van der Waals surface area contributed by atoms with Crippen LogP contribution in [0.15, 0.2) is 12.1 Å². The Morgan fingerprint density at radius 1 is 1.25 bits per heavy atom. The molecule has 1 atom stereocenters. The number of rotatable bonds is 10. The molecule has 134 valence electrons. The number of aryl methyl sites for hydroxylation is 2. The highest BCUT2D eigenvalue weighted by Crippen LogP contribution is 2.25. The van der Waals surface area contributed by atoms with Gasteiger partial charge in [-0.25, -0.2) is 4.79 Å². The molecule has 1 amide bonds. The van der Waals surface area contributed by atoms with Crippen molar-refractivity contribution in [3.05, 3.63) is 28.8 Å². The summed E-state index contributed by atoms with van der Waals surface area (Å²) < 4.78 is 10.5. The number of amides is 1. The van der Waals surface area contributed by atoms with E-state index < -0.39 is 12.6 Å². The van der Waals surface area contributed by atoms with Crippen molar-refractivity contribution in [1.29, 1.82) is 0 Å². The van der Waals surface area contributed by atoms with Crippen molar-refractivity contribution < 1.29 is 24.2 Å². The molecule has 1 rings (SSSR count). The first kappa shape index (κ1) is 20.0. The van der Waals surface area contributed by atoms with Gasteiger partial charge >= 0.3 is 5.97 Å². The molecule has 2 N–H and O–H groups in total. The van der Waals surface area contributed by atoms with Gasteiger partial charge in [0.25, 0.3) is 5.91 Å². The van der Waals surface area contributed by atoms with Crippen LogP contribution in [-0.4, -0.2) is 43.3 Å². The fraction of sp³-hybridized carbons (Fsp3) is 0.556. The van der Waals surface area contributed by atoms with Crippen LogP contribution in [0.1, 0.15) is 47.7 Å². The van der Waals surface area contributed by atoms with E-state index in [0.717, 1.165) is 30.4 Å². The largest absolute Gasteiger partial charge is 0.481 e. The predicted molar refractivity (Wildman–Crippen MR) is 91.7 cm³/mol. The summed E-state index contributed by atoms with van der Waals surface area (Å²) in [4.78, 5) is 23.1. The van der Waals surface area contributed by atoms with Crippen LogP contribution in [0.2, 0.25) is 0 Å². The van der Waals surface area contributed by atoms with Gasteiger partial charge in [-0.15, -0.1) is 0 Å². The number of unbranched alkanes of at least 4 members (excludes halogenated alkanes) is 1. The van der Waals surface area contributed by atoms with Crippen LogP contribution in [0.4, 0.5) is 0 Å². The van der Waals surface area contributed by atoms with Crippen LogP contribution in [-0.2, 0) is 9.53 Å². The first-order valence-electron chi connectivity index (χ1n) is 8.14. The van der Waals surface area contributed by atoms with E-state index >= 15 is 0 Å². The van der Waals surface area contributed by atoms with Gasteiger partial charge in [0.05, 0.1) is 12.6 Å². The molecule has 0 saturated carbocycles. The van der Waals surface area contributed by atoms with E-state index in [1.807, 2.05) is 0 Å². The Morgan fingerprint density at radius 3 is 2.38 bits per heavy atom. The smallest absolute Gasteiger partial charge is 0.341 e. The Labute approximate surface area is 143 Å². The molecule has 0 fully saturated rings. The highest BCUT2D eigenvalue weighted by molar-refractivity contribution is 5.95. The third-order valence-electron chi connectivity index (χ3n) is 3.67. The lowest BCUT2D eigenvalue weighted by Gasteiger charge is -2.19. The zero-order chi connectivity index (χ0) is 18.1. The van der Waals surface area contributed by atoms with E-state index in [1.54, 1.807) is 33.1 Å². The maximum Gasteiger partial charge on any atom is 0.341 e. The van der Waals surface area contributed by atoms with E-state index in [-0.39, 0.29) is 11.9 Å². The molecule has 0 spiro atoms. The first-order valence-corrected chi connectivity index (χ1v) is 8.14. The van der Waals surface area contributed by atoms with Gasteiger partial charge in [-0.2, -0.15) is 0 Å². The predicted octanol–water partition coefficient (Wildman–Crippen LogP) is 2.70. The van der Waals surface area contributed by atoms with Crippen LogP contribution in [0.5, 0.6) is 5.75 Å². The molecule has 0 aliphatic heterocycles. The number of hydrogen-bond donors (Lipinski definition) is 2. The van der Waals surface area contributed by atoms with Crippen LogP contribution < -0.4 is 10.1 Å². The second-order valence-electron chi connectivity index (χ2n) is 5.89. The summed E-state index contributed by atoms with van der Waals surface area (Å²) >= 11 is 0. The molecule has 1 aromatic carbocycles. The summed E-state index contributed by atoms with van der Waals surface area (Å²) in [5.41, 5.74) is 2.00. The molecule has 24 heavy (non-hydrogen) atoms. The number of ether oxygens (including phenoxy) is 2. The van der Waals surface area contributed by atoms with Gasteiger partial charge in [0.2, 0.25) is 0 Å². The number of carboxylic acid groups (broad SMARTS) is 1. The Balaban J connectivity index is 2.85. The van der Waals surface area contributed by atoms with Crippen molar-refractivity contribution in [2.24, 2.45) is 0 Å². The van der Waals surface area contributed by atoms with Gasteiger partial charge < -0.3 is 19.9 Å². The summed E-state index contributed by atoms with van der Waals surface area (Å²) in [6, 6.07) is 3.40. The molecule has 0 radical (unpaired) electrons. The van der Waals surface area contributed by atoms with Gasteiger partial charge in [0.1, 0.15) is 5.75 Å². The summed E-state index contributed by atoms with van der Waals surface area (Å²) in [6.07, 6.45) is 2.95. The number of carbonyl (C=O) groups excluding carboxylic acids is 1. The molecule has 0 aromatic heterocycles. The van der Waals surface area contributed by atoms with Gasteiger partial charge in [0.15, 0.2) is 6.61 Å². The second kappa shape index (κ2) is 9.93. The third-order valence-corrected chi connectivity index (χ3v) is 3.67. The third kappa shape index (κ3) is 6.20. The zero-order valence-corrected chi connectivity index (χ0v) is 14.8. The summed E-state index contributed by atoms with van der Waals surface area (Å²) in [6.45, 7) is 5.77. The molecule has 0 saturated heterocycles. The highest BCUT2D eigenvalue weighted by atomic mass is 16.5. The normalized spacial score (nSPS) is 11.8. The van der Waals surface area contributed by atoms with E-state index in [1.165, 1.54) is 0 Å². The lowest BCUT2D eigenvalue weighted by atomic mass is 10.0. The van der Waals surface area contributed by atoms with Crippen LogP contribution in [0.3, 0.4) is 0 Å². The molecule has 6 nitrogen and oxygen atoms in total. The highest BCUT2D eigenvalue weighted by Gasteiger charge is 2.16. The maximum atomic E-state index is 12.5. The minimum absolute atomic E-state index is 0.0222. The summed E-state index contributed by atoms with van der Waals surface area (Å²) in [7, 11) is 1.62. The van der Waals surface area contributed by atoms with Crippen LogP contribution in [0.25, 0.3) is 0 Å². The number of aliphatic carboxylic acids is 1. The number of carboxylic acids is 1. The van der Waals surface area contributed by atoms with Crippen molar-refractivity contribution in [2.45, 2.75) is 46.1 Å². The number of methoxy groups -OCH3 is 1. The van der Waals surface area contributed by atoms with Crippen molar-refractivity contribution in [3.63, 3.8) is 0 Å². The number of carbonyl (C=O) groups is 2. The zero-order valence-electron chi connectivity index (χ0n) is 14.8. The van der Waals surface area contributed by atoms with Gasteiger partial charge in [-0.3, -0.25) is 4.79 Å². The van der Waals surface area contributed by atoms with E-state index in [0.29, 0.717) is 17.9 Å². The Bertz CT molecular complexity index is 548. The molecular weight excluding hydrogens is 310 g/mol. The van der Waals surface area contributed by atoms with Crippen molar-refractivity contribution in [1.82, 2.24) is 5.32 Å². The Morgan fingerprint density at radius 2 is 1.88 bits per heavy atom. The van der Waals surface area contributed by atoms with Crippen LogP contribution in [0, 0.1) is 13.8 Å². The lowest BCUT2D eigenvalue weighted by Crippen LogP contribution is -2.38. The first-order chi connectivity index (χ1) is 11.4. The molecule has 6 heteroatoms. The number of hydrogen-bond acceptors (Lipinski definition) is 4. The van der Waals surface area contributed by atoms with Crippen molar-refractivity contribution in [2.75, 3.05) is 20.3 Å². The van der Waals surface area contributed by atoms with Gasteiger partial charge in [0, 0.05) is 12.7 Å². The van der Waals surface area contributed by atoms with E-state index in [2.05, 4.69) is 12.2 Å². The molecule has 1 unspecified atom stereocenters. The minimum Gasteiger partial charge on any atom is -0.481 e. The van der Waals surface area contributed by atoms with Gasteiger partial charge in [-0.1, -0.05) is 19.8 Å². The molecule has 0 aliphatic rings. The quantitative estimate of drug-likeness (QED) is 0.686. The summed E-state index contributed by atoms with van der Waals surface area (Å²) in [5.74, 6) is -0.688. The van der Waals surface area contributed by atoms with E-state index in [4.69, 9.17) is 14.6 Å². The fourth-order valence-electron chi connectivity index (χ4n) is 2.56. The number of nitrogens with one attached hydrogen (secondary N) is 1. The maximum absolute atomic E-state index is 12.5. The average molecular weight is 337 g/mol. The lowest BCUT2D eigenvalue weighted by molar-refractivity contribution is -0.139. The van der Waals surface area contributed by atoms with Crippen molar-refractivity contribution >= 4 is 11.9 Å². The SMILES string of the molecule is CCCCC(COC)NC(=O)c1cc(C)c(OCC(=O)O)c(C)c1. The Hall–Kier alpha value is -2.08. The second-order valence-corrected chi connectivity index (χ2v) is 5.89. The monoisotopic (exact) mass is 337 g/mol. The molecule has 1 aromatic rings. The van der Waals surface area contributed by atoms with Crippen LogP contribution >= 0.6 is 0 Å². The van der Waals surface area contributed by atoms with Crippen molar-refractivity contribution in [3.8, 4) is 5.75 Å². The van der Waals surface area contributed by atoms with E-state index in [9.17, 15) is 9.59 Å². The summed E-state index contributed by atoms with van der Waals surface area (Å²) in [5, 5.41) is 11.7. The molecule has 0 aliphatic carbocycles. The van der Waals surface area contributed by atoms with Gasteiger partial charge in [-0.05, 0) is 43.5 Å². The number of benzene rings is 1. The molecule has 0 heterocycles. The fourth-order valence-corrected chi connectivity index (χ4v) is 2.56. The molecular formula is C18H27NO5.